The summed E-state index contributed by atoms with van der Waals surface area (Å²) in [6.07, 6.45) is -4.23. The topological polar surface area (TPSA) is 97.6 Å². The number of aromatic nitrogens is 1. The highest BCUT2D eigenvalue weighted by atomic mass is 79.9. The van der Waals surface area contributed by atoms with E-state index < -0.39 is 69.9 Å². The van der Waals surface area contributed by atoms with Crippen LogP contribution in [0.25, 0.3) is 11.1 Å². The quantitative estimate of drug-likeness (QED) is 0.118. The first-order valence-corrected chi connectivity index (χ1v) is 16.3. The molecule has 1 amide bonds. The average Bonchev–Trinajstić information content (AvgIpc) is 3.01. The Balaban J connectivity index is 1.94. The monoisotopic (exact) mass is 768 g/mol. The van der Waals surface area contributed by atoms with Crippen molar-refractivity contribution in [2.75, 3.05) is 6.61 Å². The molecule has 7 nitrogen and oxygen atoms in total. The highest BCUT2D eigenvalue weighted by Crippen LogP contribution is 2.38. The molecule has 0 radical (unpaired) electrons. The standard InChI is InChI=1S/C35H31BrClF5N2O5/c1-4-7-19-14-20(29-18(3)8-6-9-27(29)45)15-23(31(19)39)26(17-28(46)49-5-2)43-33(47)32(22-16-21(36)10-11-25(22)38)44-13-12-24(35(40,41)42)30(37)34(44)48/h6,8-16,26,32,45H,4-5,7,17H2,1-3H3,(H,43,47)/t26-,32?/m0/s1. The van der Waals surface area contributed by atoms with E-state index in [1.165, 1.54) is 18.2 Å². The van der Waals surface area contributed by atoms with Gasteiger partial charge in [-0.2, -0.15) is 13.2 Å². The van der Waals surface area contributed by atoms with Crippen molar-refractivity contribution in [1.29, 1.82) is 0 Å². The van der Waals surface area contributed by atoms with E-state index in [1.807, 2.05) is 6.92 Å². The van der Waals surface area contributed by atoms with Gasteiger partial charge >= 0.3 is 12.1 Å². The normalized spacial score (nSPS) is 12.8. The molecule has 49 heavy (non-hydrogen) atoms. The van der Waals surface area contributed by atoms with E-state index in [0.717, 1.165) is 12.1 Å². The zero-order valence-electron chi connectivity index (χ0n) is 26.4. The molecule has 0 fully saturated rings. The van der Waals surface area contributed by atoms with E-state index in [4.69, 9.17) is 16.3 Å². The molecule has 0 saturated heterocycles. The molecule has 0 aliphatic rings. The fraction of sp³-hybridized carbons (Fsp3) is 0.286. The van der Waals surface area contributed by atoms with Crippen molar-refractivity contribution in [2.24, 2.45) is 0 Å². The van der Waals surface area contributed by atoms with Gasteiger partial charge < -0.3 is 15.2 Å². The zero-order chi connectivity index (χ0) is 36.2. The van der Waals surface area contributed by atoms with Crippen LogP contribution in [0.2, 0.25) is 5.02 Å². The van der Waals surface area contributed by atoms with Gasteiger partial charge in [-0.05, 0) is 79.4 Å². The fourth-order valence-corrected chi connectivity index (χ4v) is 6.20. The minimum absolute atomic E-state index is 0.0501. The van der Waals surface area contributed by atoms with Crippen LogP contribution >= 0.6 is 27.5 Å². The number of hydrogen-bond donors (Lipinski definition) is 2. The Morgan fingerprint density at radius 1 is 1.06 bits per heavy atom. The molecule has 3 aromatic carbocycles. The lowest BCUT2D eigenvalue weighted by molar-refractivity contribution is -0.144. The van der Waals surface area contributed by atoms with Gasteiger partial charge in [0.1, 0.15) is 28.4 Å². The Kier molecular flexibility index (Phi) is 11.9. The number of alkyl halides is 3. The van der Waals surface area contributed by atoms with E-state index in [9.17, 15) is 32.7 Å². The Bertz CT molecular complexity index is 1930. The number of hydrogen-bond acceptors (Lipinski definition) is 5. The van der Waals surface area contributed by atoms with Gasteiger partial charge in [0.2, 0.25) is 5.91 Å². The van der Waals surface area contributed by atoms with Gasteiger partial charge in [-0.25, -0.2) is 8.78 Å². The summed E-state index contributed by atoms with van der Waals surface area (Å²) in [5.74, 6) is -3.89. The lowest BCUT2D eigenvalue weighted by atomic mass is 9.90. The van der Waals surface area contributed by atoms with Gasteiger partial charge in [0.25, 0.3) is 5.56 Å². The summed E-state index contributed by atoms with van der Waals surface area (Å²) < 4.78 is 78.3. The number of aryl methyl sites for hydroxylation is 2. The number of nitrogens with zero attached hydrogens (tertiary/aromatic N) is 1. The van der Waals surface area contributed by atoms with E-state index in [2.05, 4.69) is 21.2 Å². The number of pyridine rings is 1. The number of amides is 1. The second-order valence-corrected chi connectivity index (χ2v) is 12.4. The van der Waals surface area contributed by atoms with Crippen molar-refractivity contribution in [2.45, 2.75) is 58.3 Å². The molecular weight excluding hydrogens is 739 g/mol. The molecule has 2 atom stereocenters. The maximum Gasteiger partial charge on any atom is 0.418 e. The van der Waals surface area contributed by atoms with Crippen LogP contribution in [0, 0.1) is 18.6 Å². The first kappa shape index (κ1) is 37.6. The maximum atomic E-state index is 16.3. The number of aromatic hydroxyl groups is 1. The molecule has 2 N–H and O–H groups in total. The summed E-state index contributed by atoms with van der Waals surface area (Å²) in [5, 5.41) is 12.0. The average molecular weight is 770 g/mol. The summed E-state index contributed by atoms with van der Waals surface area (Å²) in [6, 6.07) is 8.16. The number of ether oxygens (including phenoxy) is 1. The summed E-state index contributed by atoms with van der Waals surface area (Å²) in [7, 11) is 0. The lowest BCUT2D eigenvalue weighted by Crippen LogP contribution is -2.41. The largest absolute Gasteiger partial charge is 0.507 e. The lowest BCUT2D eigenvalue weighted by Gasteiger charge is -2.26. The SMILES string of the molecule is CCCc1cc(-c2c(C)cccc2O)cc([C@H](CC(=O)OCC)NC(=O)C(c2cc(Br)ccc2F)n2ccc(C(F)(F)F)c(Cl)c2=O)c1F. The Morgan fingerprint density at radius 3 is 2.41 bits per heavy atom. The molecular formula is C35H31BrClF5N2O5. The van der Waals surface area contributed by atoms with E-state index in [0.29, 0.717) is 39.9 Å². The second kappa shape index (κ2) is 15.5. The number of carbonyl (C=O) groups excluding carboxylic acids is 2. The third-order valence-electron chi connectivity index (χ3n) is 7.75. The maximum absolute atomic E-state index is 16.3. The Morgan fingerprint density at radius 2 is 1.78 bits per heavy atom. The van der Waals surface area contributed by atoms with Crippen molar-refractivity contribution < 1.29 is 41.4 Å². The second-order valence-electron chi connectivity index (χ2n) is 11.1. The van der Waals surface area contributed by atoms with Crippen molar-refractivity contribution in [3.8, 4) is 16.9 Å². The summed E-state index contributed by atoms with van der Waals surface area (Å²) >= 11 is 9.02. The van der Waals surface area contributed by atoms with Gasteiger partial charge in [-0.3, -0.25) is 19.0 Å². The summed E-state index contributed by atoms with van der Waals surface area (Å²) in [5.41, 5.74) is -1.93. The van der Waals surface area contributed by atoms with Crippen molar-refractivity contribution >= 4 is 39.4 Å². The van der Waals surface area contributed by atoms with E-state index >= 15 is 8.78 Å². The predicted molar refractivity (Wildman–Crippen MR) is 177 cm³/mol. The molecule has 1 heterocycles. The van der Waals surface area contributed by atoms with Gasteiger partial charge in [-0.1, -0.05) is 53.0 Å². The van der Waals surface area contributed by atoms with Gasteiger partial charge in [0, 0.05) is 27.4 Å². The van der Waals surface area contributed by atoms with Crippen LogP contribution in [0.15, 0.2) is 70.1 Å². The third-order valence-corrected chi connectivity index (χ3v) is 8.61. The van der Waals surface area contributed by atoms with Crippen molar-refractivity contribution in [3.05, 3.63) is 120 Å². The molecule has 0 aliphatic carbocycles. The summed E-state index contributed by atoms with van der Waals surface area (Å²) in [6.45, 7) is 5.05. The number of nitrogens with one attached hydrogen (secondary N) is 1. The van der Waals surface area contributed by atoms with Crippen LogP contribution in [-0.2, 0) is 26.9 Å². The van der Waals surface area contributed by atoms with Crippen LogP contribution in [-0.4, -0.2) is 28.2 Å². The number of halogens is 7. The third kappa shape index (κ3) is 8.33. The number of carbonyl (C=O) groups is 2. The minimum Gasteiger partial charge on any atom is -0.507 e. The molecule has 1 unspecified atom stereocenters. The fourth-order valence-electron chi connectivity index (χ4n) is 5.55. The Labute approximate surface area is 291 Å². The predicted octanol–water partition coefficient (Wildman–Crippen LogP) is 8.59. The zero-order valence-corrected chi connectivity index (χ0v) is 28.8. The highest BCUT2D eigenvalue weighted by molar-refractivity contribution is 9.10. The number of benzene rings is 3. The number of phenols is 1. The summed E-state index contributed by atoms with van der Waals surface area (Å²) in [4.78, 5) is 40.3. The molecule has 4 aromatic rings. The number of phenolic OH excluding ortho intramolecular Hbond substituents is 1. The smallest absolute Gasteiger partial charge is 0.418 e. The molecule has 260 valence electrons. The van der Waals surface area contributed by atoms with Crippen LogP contribution in [0.3, 0.4) is 0 Å². The molecule has 14 heteroatoms. The van der Waals surface area contributed by atoms with Crippen LogP contribution < -0.4 is 10.9 Å². The van der Waals surface area contributed by atoms with E-state index in [-0.39, 0.29) is 34.4 Å². The van der Waals surface area contributed by atoms with E-state index in [1.54, 1.807) is 32.0 Å². The number of esters is 1. The van der Waals surface area contributed by atoms with Crippen molar-refractivity contribution in [3.63, 3.8) is 0 Å². The minimum atomic E-state index is -5.01. The van der Waals surface area contributed by atoms with Gasteiger partial charge in [0.15, 0.2) is 0 Å². The van der Waals surface area contributed by atoms with Crippen LogP contribution in [0.5, 0.6) is 5.75 Å². The van der Waals surface area contributed by atoms with Gasteiger partial charge in [0.05, 0.1) is 24.6 Å². The molecule has 0 spiro atoms. The molecule has 1 aromatic heterocycles. The first-order chi connectivity index (χ1) is 23.1. The molecule has 0 saturated carbocycles. The van der Waals surface area contributed by atoms with Crippen molar-refractivity contribution in [1.82, 2.24) is 9.88 Å². The first-order valence-electron chi connectivity index (χ1n) is 15.1. The molecule has 0 aliphatic heterocycles. The molecule has 0 bridgehead atoms. The molecule has 4 rings (SSSR count). The number of rotatable bonds is 11. The Hall–Kier alpha value is -4.23. The van der Waals surface area contributed by atoms with Gasteiger partial charge in [-0.15, -0.1) is 0 Å². The highest BCUT2D eigenvalue weighted by Gasteiger charge is 2.37. The van der Waals surface area contributed by atoms with Crippen LogP contribution in [0.1, 0.15) is 66.6 Å². The van der Waals surface area contributed by atoms with Crippen LogP contribution in [0.4, 0.5) is 22.0 Å².